The highest BCUT2D eigenvalue weighted by Gasteiger charge is 2.42. The minimum Gasteiger partial charge on any atom is -0.329 e. The summed E-state index contributed by atoms with van der Waals surface area (Å²) in [6.07, 6.45) is 4.10. The van der Waals surface area contributed by atoms with Gasteiger partial charge in [-0.15, -0.1) is 0 Å². The minimum atomic E-state index is -0.0992. The standard InChI is InChI=1S/C22H23N5O2/c1-15-6-5-11-23-20(15)21(28)27-17-9-10-18(27)14-25-19(12-17)24-26(22(25)29)13-16-7-3-2-4-8-16/h2-8,11,17-18H,9-10,12-14H2,1H3. The van der Waals surface area contributed by atoms with E-state index in [1.807, 2.05) is 54.3 Å². The Labute approximate surface area is 168 Å². The van der Waals surface area contributed by atoms with E-state index in [9.17, 15) is 9.59 Å². The second-order valence-corrected chi connectivity index (χ2v) is 7.92. The zero-order chi connectivity index (χ0) is 20.0. The predicted molar refractivity (Wildman–Crippen MR) is 108 cm³/mol. The highest BCUT2D eigenvalue weighted by molar-refractivity contribution is 5.94. The number of fused-ring (bicyclic) bond motifs is 3. The lowest BCUT2D eigenvalue weighted by Crippen LogP contribution is -2.43. The molecule has 0 spiro atoms. The molecule has 29 heavy (non-hydrogen) atoms. The molecule has 0 saturated carbocycles. The number of aromatic nitrogens is 4. The van der Waals surface area contributed by atoms with Crippen LogP contribution < -0.4 is 5.69 Å². The first-order chi connectivity index (χ1) is 14.1. The highest BCUT2D eigenvalue weighted by atomic mass is 16.2. The maximum Gasteiger partial charge on any atom is 0.346 e. The van der Waals surface area contributed by atoms with Crippen LogP contribution in [-0.4, -0.2) is 42.2 Å². The van der Waals surface area contributed by atoms with Gasteiger partial charge in [-0.1, -0.05) is 36.4 Å². The zero-order valence-electron chi connectivity index (χ0n) is 16.4. The van der Waals surface area contributed by atoms with Gasteiger partial charge in [0.05, 0.1) is 12.6 Å². The predicted octanol–water partition coefficient (Wildman–Crippen LogP) is 2.03. The molecular weight excluding hydrogens is 366 g/mol. The molecule has 2 aliphatic rings. The van der Waals surface area contributed by atoms with E-state index in [1.165, 1.54) is 0 Å². The van der Waals surface area contributed by atoms with Gasteiger partial charge >= 0.3 is 5.69 Å². The van der Waals surface area contributed by atoms with Gasteiger partial charge in [0.25, 0.3) is 5.91 Å². The fraction of sp³-hybridized carbons (Fsp3) is 0.364. The van der Waals surface area contributed by atoms with Gasteiger partial charge in [0.15, 0.2) is 0 Å². The first-order valence-corrected chi connectivity index (χ1v) is 10.1. The second-order valence-electron chi connectivity index (χ2n) is 7.92. The highest BCUT2D eigenvalue weighted by Crippen LogP contribution is 2.32. The van der Waals surface area contributed by atoms with Crippen molar-refractivity contribution >= 4 is 5.91 Å². The molecule has 2 aliphatic heterocycles. The topological polar surface area (TPSA) is 73.0 Å². The third kappa shape index (κ3) is 3.06. The van der Waals surface area contributed by atoms with Gasteiger partial charge in [0, 0.05) is 25.2 Å². The van der Waals surface area contributed by atoms with E-state index >= 15 is 0 Å². The number of carbonyl (C=O) groups is 1. The number of hydrogen-bond donors (Lipinski definition) is 0. The van der Waals surface area contributed by atoms with Crippen molar-refractivity contribution in [2.24, 2.45) is 0 Å². The van der Waals surface area contributed by atoms with Crippen molar-refractivity contribution in [1.82, 2.24) is 24.2 Å². The van der Waals surface area contributed by atoms with Crippen LogP contribution in [0.15, 0.2) is 53.5 Å². The molecule has 1 fully saturated rings. The summed E-state index contributed by atoms with van der Waals surface area (Å²) in [5, 5.41) is 4.62. The summed E-state index contributed by atoms with van der Waals surface area (Å²) >= 11 is 0. The Morgan fingerprint density at radius 1 is 1.10 bits per heavy atom. The number of hydrogen-bond acceptors (Lipinski definition) is 4. The number of carbonyl (C=O) groups excluding carboxylic acids is 1. The summed E-state index contributed by atoms with van der Waals surface area (Å²) < 4.78 is 3.31. The molecule has 2 bridgehead atoms. The number of nitrogens with zero attached hydrogens (tertiary/aromatic N) is 5. The van der Waals surface area contributed by atoms with E-state index in [0.29, 0.717) is 25.2 Å². The van der Waals surface area contributed by atoms with E-state index in [2.05, 4.69) is 10.1 Å². The molecule has 7 nitrogen and oxygen atoms in total. The molecule has 1 saturated heterocycles. The molecule has 1 amide bonds. The molecule has 0 radical (unpaired) electrons. The molecule has 3 aromatic rings. The van der Waals surface area contributed by atoms with Crippen LogP contribution in [0.4, 0.5) is 0 Å². The zero-order valence-corrected chi connectivity index (χ0v) is 16.4. The smallest absolute Gasteiger partial charge is 0.329 e. The Morgan fingerprint density at radius 2 is 1.90 bits per heavy atom. The monoisotopic (exact) mass is 389 g/mol. The Kier molecular flexibility index (Phi) is 4.30. The van der Waals surface area contributed by atoms with Crippen molar-refractivity contribution in [3.63, 3.8) is 0 Å². The Bertz CT molecular complexity index is 1120. The first kappa shape index (κ1) is 17.8. The van der Waals surface area contributed by atoms with Crippen LogP contribution in [0.1, 0.15) is 40.3 Å². The SMILES string of the molecule is Cc1cccnc1C(=O)N1C2CCC1Cn1c(nn(Cc3ccccc3)c1=O)C2. The summed E-state index contributed by atoms with van der Waals surface area (Å²) in [6.45, 7) is 2.87. The fourth-order valence-corrected chi connectivity index (χ4v) is 4.61. The number of rotatable bonds is 3. The lowest BCUT2D eigenvalue weighted by atomic mass is 10.1. The second kappa shape index (κ2) is 6.99. The van der Waals surface area contributed by atoms with Gasteiger partial charge < -0.3 is 4.90 Å². The van der Waals surface area contributed by atoms with Crippen LogP contribution in [0.2, 0.25) is 0 Å². The maximum atomic E-state index is 13.3. The Balaban J connectivity index is 1.44. The lowest BCUT2D eigenvalue weighted by molar-refractivity contribution is 0.0658. The van der Waals surface area contributed by atoms with E-state index in [1.54, 1.807) is 15.4 Å². The van der Waals surface area contributed by atoms with Gasteiger partial charge in [-0.05, 0) is 37.0 Å². The molecule has 0 N–H and O–H groups in total. The van der Waals surface area contributed by atoms with Crippen LogP contribution >= 0.6 is 0 Å². The lowest BCUT2D eigenvalue weighted by Gasteiger charge is -2.28. The Hall–Kier alpha value is -3.22. The molecule has 148 valence electrons. The molecule has 2 aromatic heterocycles. The third-order valence-electron chi connectivity index (χ3n) is 6.05. The molecule has 5 rings (SSSR count). The van der Waals surface area contributed by atoms with E-state index < -0.39 is 0 Å². The molecule has 1 aromatic carbocycles. The van der Waals surface area contributed by atoms with Gasteiger partial charge in [-0.3, -0.25) is 14.3 Å². The normalized spacial score (nSPS) is 20.4. The van der Waals surface area contributed by atoms with Gasteiger partial charge in [-0.25, -0.2) is 9.48 Å². The van der Waals surface area contributed by atoms with E-state index in [-0.39, 0.29) is 23.7 Å². The first-order valence-electron chi connectivity index (χ1n) is 10.1. The maximum absolute atomic E-state index is 13.3. The fourth-order valence-electron chi connectivity index (χ4n) is 4.61. The minimum absolute atomic E-state index is 0.00207. The van der Waals surface area contributed by atoms with Crippen molar-refractivity contribution in [3.8, 4) is 0 Å². The van der Waals surface area contributed by atoms with Crippen molar-refractivity contribution in [2.45, 2.75) is 51.4 Å². The quantitative estimate of drug-likeness (QED) is 0.687. The van der Waals surface area contributed by atoms with Gasteiger partial charge in [-0.2, -0.15) is 5.10 Å². The summed E-state index contributed by atoms with van der Waals surface area (Å²) in [7, 11) is 0. The Morgan fingerprint density at radius 3 is 2.69 bits per heavy atom. The van der Waals surface area contributed by atoms with Crippen molar-refractivity contribution in [1.29, 1.82) is 0 Å². The van der Waals surface area contributed by atoms with Crippen molar-refractivity contribution in [2.75, 3.05) is 0 Å². The molecular formula is C22H23N5O2. The summed E-state index contributed by atoms with van der Waals surface area (Å²) in [4.78, 5) is 32.5. The van der Waals surface area contributed by atoms with Crippen molar-refractivity contribution < 1.29 is 4.79 Å². The molecule has 7 heteroatoms. The summed E-state index contributed by atoms with van der Waals surface area (Å²) in [6, 6.07) is 13.7. The third-order valence-corrected chi connectivity index (χ3v) is 6.05. The van der Waals surface area contributed by atoms with Gasteiger partial charge in [0.2, 0.25) is 0 Å². The number of benzene rings is 1. The van der Waals surface area contributed by atoms with Gasteiger partial charge in [0.1, 0.15) is 11.5 Å². The van der Waals surface area contributed by atoms with Crippen LogP contribution in [0.5, 0.6) is 0 Å². The average molecular weight is 389 g/mol. The largest absolute Gasteiger partial charge is 0.346 e. The summed E-state index contributed by atoms with van der Waals surface area (Å²) in [5.74, 6) is 0.736. The summed E-state index contributed by atoms with van der Waals surface area (Å²) in [5.41, 5.74) is 2.33. The van der Waals surface area contributed by atoms with Crippen LogP contribution in [0, 0.1) is 6.92 Å². The van der Waals surface area contributed by atoms with E-state index in [0.717, 1.165) is 29.8 Å². The molecule has 2 atom stereocenters. The molecule has 4 heterocycles. The van der Waals surface area contributed by atoms with Crippen LogP contribution in [0.3, 0.4) is 0 Å². The number of aryl methyl sites for hydroxylation is 1. The average Bonchev–Trinajstić information content (AvgIpc) is 3.18. The van der Waals surface area contributed by atoms with E-state index in [4.69, 9.17) is 0 Å². The van der Waals surface area contributed by atoms with Crippen LogP contribution in [0.25, 0.3) is 0 Å². The van der Waals surface area contributed by atoms with Crippen molar-refractivity contribution in [3.05, 3.63) is 81.8 Å². The molecule has 2 unspecified atom stereocenters. The van der Waals surface area contributed by atoms with Crippen LogP contribution in [-0.2, 0) is 19.5 Å². The molecule has 0 aliphatic carbocycles. The number of amides is 1. The number of pyridine rings is 1.